The van der Waals surface area contributed by atoms with Crippen molar-refractivity contribution in [3.8, 4) is 0 Å². The Morgan fingerprint density at radius 1 is 1.33 bits per heavy atom. The third-order valence-corrected chi connectivity index (χ3v) is 3.63. The number of rotatable bonds is 4. The van der Waals surface area contributed by atoms with E-state index >= 15 is 0 Å². The first kappa shape index (κ1) is 12.7. The van der Waals surface area contributed by atoms with Gasteiger partial charge in [0.25, 0.3) is 10.1 Å². The van der Waals surface area contributed by atoms with Gasteiger partial charge < -0.3 is 9.80 Å². The van der Waals surface area contributed by atoms with Gasteiger partial charge in [-0.3, -0.25) is 4.55 Å². The van der Waals surface area contributed by atoms with Crippen molar-refractivity contribution in [2.45, 2.75) is 11.4 Å². The lowest BCUT2D eigenvalue weighted by molar-refractivity contribution is 0.306. The van der Waals surface area contributed by atoms with Crippen LogP contribution in [0.3, 0.4) is 0 Å². The van der Waals surface area contributed by atoms with Gasteiger partial charge >= 0.3 is 0 Å². The Kier molecular flexibility index (Phi) is 3.40. The maximum absolute atomic E-state index is 11.2. The molecule has 1 aliphatic rings. The van der Waals surface area contributed by atoms with Gasteiger partial charge in [0.05, 0.1) is 11.6 Å². The van der Waals surface area contributed by atoms with E-state index in [1.807, 2.05) is 22.2 Å². The second kappa shape index (κ2) is 4.83. The van der Waals surface area contributed by atoms with Crippen LogP contribution in [0.15, 0.2) is 54.3 Å². The molecule has 1 N–H and O–H groups in total. The van der Waals surface area contributed by atoms with E-state index < -0.39 is 10.1 Å². The molecular weight excluding hydrogens is 252 g/mol. The fourth-order valence-electron chi connectivity index (χ4n) is 1.81. The molecule has 1 heterocycles. The second-order valence-corrected chi connectivity index (χ2v) is 5.36. The molecule has 6 heteroatoms. The zero-order valence-corrected chi connectivity index (χ0v) is 10.5. The number of hydrogen-bond donors (Lipinski definition) is 1. The fraction of sp³-hybridized carbons (Fsp3) is 0.167. The van der Waals surface area contributed by atoms with Crippen LogP contribution in [0.25, 0.3) is 0 Å². The molecule has 96 valence electrons. The van der Waals surface area contributed by atoms with Crippen molar-refractivity contribution >= 4 is 10.1 Å². The summed E-state index contributed by atoms with van der Waals surface area (Å²) in [5, 5.41) is 0. The van der Waals surface area contributed by atoms with Crippen LogP contribution in [-0.2, 0) is 16.7 Å². The molecule has 0 bridgehead atoms. The highest BCUT2D eigenvalue weighted by Crippen LogP contribution is 2.19. The predicted octanol–water partition coefficient (Wildman–Crippen LogP) is 1.62. The molecule has 1 aromatic rings. The van der Waals surface area contributed by atoms with Gasteiger partial charge in [-0.15, -0.1) is 0 Å². The molecule has 0 atom stereocenters. The average Bonchev–Trinajstić information content (AvgIpc) is 2.76. The maximum atomic E-state index is 11.2. The van der Waals surface area contributed by atoms with Crippen molar-refractivity contribution in [2.75, 3.05) is 6.67 Å². The summed E-state index contributed by atoms with van der Waals surface area (Å²) in [7, 11) is -4.18. The lowest BCUT2D eigenvalue weighted by atomic mass is 10.2. The van der Waals surface area contributed by atoms with E-state index in [0.29, 0.717) is 18.8 Å². The van der Waals surface area contributed by atoms with Gasteiger partial charge in [0.1, 0.15) is 0 Å². The van der Waals surface area contributed by atoms with Gasteiger partial charge in [-0.2, -0.15) is 8.42 Å². The van der Waals surface area contributed by atoms with Crippen molar-refractivity contribution in [1.82, 2.24) is 9.80 Å². The minimum absolute atomic E-state index is 0.0459. The Bertz CT molecular complexity index is 581. The molecule has 18 heavy (non-hydrogen) atoms. The highest BCUT2D eigenvalue weighted by atomic mass is 32.2. The van der Waals surface area contributed by atoms with Crippen LogP contribution >= 0.6 is 0 Å². The first-order chi connectivity index (χ1) is 8.50. The van der Waals surface area contributed by atoms with Crippen molar-refractivity contribution in [3.05, 3.63) is 55.0 Å². The van der Waals surface area contributed by atoms with E-state index in [9.17, 15) is 8.42 Å². The first-order valence-electron chi connectivity index (χ1n) is 5.37. The van der Waals surface area contributed by atoms with Gasteiger partial charge in [-0.1, -0.05) is 24.8 Å². The standard InChI is InChI=1S/C12H14N2O3S/c1-2-13-7-8-14(10-13)9-11-5-3-4-6-12(11)18(15,16)17/h2-8H,1,9-10H2,(H,15,16,17). The highest BCUT2D eigenvalue weighted by molar-refractivity contribution is 7.85. The Morgan fingerprint density at radius 3 is 2.67 bits per heavy atom. The normalized spacial score (nSPS) is 15.2. The van der Waals surface area contributed by atoms with Gasteiger partial charge in [0.15, 0.2) is 0 Å². The summed E-state index contributed by atoms with van der Waals surface area (Å²) in [5.74, 6) is 0. The van der Waals surface area contributed by atoms with Crippen LogP contribution in [0.1, 0.15) is 5.56 Å². The summed E-state index contributed by atoms with van der Waals surface area (Å²) in [6.07, 6.45) is 5.39. The summed E-state index contributed by atoms with van der Waals surface area (Å²) in [6, 6.07) is 6.42. The van der Waals surface area contributed by atoms with Gasteiger partial charge in [0, 0.05) is 18.9 Å². The molecule has 2 rings (SSSR count). The van der Waals surface area contributed by atoms with Gasteiger partial charge in [-0.25, -0.2) is 0 Å². The lowest BCUT2D eigenvalue weighted by Crippen LogP contribution is -2.22. The van der Waals surface area contributed by atoms with Crippen molar-refractivity contribution in [2.24, 2.45) is 0 Å². The van der Waals surface area contributed by atoms with E-state index in [-0.39, 0.29) is 4.90 Å². The molecule has 1 aliphatic heterocycles. The average molecular weight is 266 g/mol. The fourth-order valence-corrected chi connectivity index (χ4v) is 2.52. The Balaban J connectivity index is 2.21. The number of benzene rings is 1. The molecule has 0 fully saturated rings. The molecule has 0 saturated heterocycles. The minimum atomic E-state index is -4.18. The zero-order chi connectivity index (χ0) is 13.2. The topological polar surface area (TPSA) is 60.9 Å². The van der Waals surface area contributed by atoms with Crippen LogP contribution in [0.2, 0.25) is 0 Å². The van der Waals surface area contributed by atoms with Crippen molar-refractivity contribution in [1.29, 1.82) is 0 Å². The van der Waals surface area contributed by atoms with E-state index in [1.54, 1.807) is 24.4 Å². The third-order valence-electron chi connectivity index (χ3n) is 2.67. The largest absolute Gasteiger partial charge is 0.354 e. The molecule has 0 aromatic heterocycles. The van der Waals surface area contributed by atoms with E-state index in [1.165, 1.54) is 6.07 Å². The summed E-state index contributed by atoms with van der Waals surface area (Å²) in [5.41, 5.74) is 0.565. The molecule has 5 nitrogen and oxygen atoms in total. The number of hydrogen-bond acceptors (Lipinski definition) is 4. The minimum Gasteiger partial charge on any atom is -0.354 e. The lowest BCUT2D eigenvalue weighted by Gasteiger charge is -2.19. The molecule has 0 amide bonds. The summed E-state index contributed by atoms with van der Waals surface area (Å²) in [6.45, 7) is 4.68. The van der Waals surface area contributed by atoms with Crippen molar-refractivity contribution < 1.29 is 13.0 Å². The molecule has 0 unspecified atom stereocenters. The SMILES string of the molecule is C=CN1C=CN(Cc2ccccc2S(=O)(=O)O)C1. The van der Waals surface area contributed by atoms with E-state index in [0.717, 1.165) is 0 Å². The number of nitrogens with zero attached hydrogens (tertiary/aromatic N) is 2. The monoisotopic (exact) mass is 266 g/mol. The molecular formula is C12H14N2O3S. The molecule has 1 aromatic carbocycles. The second-order valence-electron chi connectivity index (χ2n) is 3.97. The highest BCUT2D eigenvalue weighted by Gasteiger charge is 2.17. The van der Waals surface area contributed by atoms with Crippen LogP contribution in [0.5, 0.6) is 0 Å². The molecule has 0 radical (unpaired) electrons. The summed E-state index contributed by atoms with van der Waals surface area (Å²) in [4.78, 5) is 3.75. The quantitative estimate of drug-likeness (QED) is 0.839. The van der Waals surface area contributed by atoms with E-state index in [4.69, 9.17) is 4.55 Å². The van der Waals surface area contributed by atoms with E-state index in [2.05, 4.69) is 6.58 Å². The molecule has 0 aliphatic carbocycles. The molecule has 0 saturated carbocycles. The molecule has 0 spiro atoms. The third kappa shape index (κ3) is 2.72. The van der Waals surface area contributed by atoms with Gasteiger partial charge in [0.2, 0.25) is 0 Å². The van der Waals surface area contributed by atoms with Crippen LogP contribution in [-0.4, -0.2) is 29.4 Å². The Labute approximate surface area is 106 Å². The Hall–Kier alpha value is -1.79. The predicted molar refractivity (Wildman–Crippen MR) is 67.8 cm³/mol. The zero-order valence-electron chi connectivity index (χ0n) is 9.73. The Morgan fingerprint density at radius 2 is 2.06 bits per heavy atom. The van der Waals surface area contributed by atoms with Gasteiger partial charge in [-0.05, 0) is 17.8 Å². The van der Waals surface area contributed by atoms with Crippen LogP contribution in [0, 0.1) is 0 Å². The smallest absolute Gasteiger partial charge is 0.294 e. The first-order valence-corrected chi connectivity index (χ1v) is 6.81. The maximum Gasteiger partial charge on any atom is 0.294 e. The summed E-state index contributed by atoms with van der Waals surface area (Å²) < 4.78 is 31.6. The van der Waals surface area contributed by atoms with Crippen molar-refractivity contribution in [3.63, 3.8) is 0 Å². The van der Waals surface area contributed by atoms with Crippen LogP contribution < -0.4 is 0 Å². The van der Waals surface area contributed by atoms with Crippen LogP contribution in [0.4, 0.5) is 0 Å². The summed E-state index contributed by atoms with van der Waals surface area (Å²) >= 11 is 0.